The van der Waals surface area contributed by atoms with Crippen LogP contribution < -0.4 is 15.5 Å². The van der Waals surface area contributed by atoms with Gasteiger partial charge in [-0.2, -0.15) is 0 Å². The Bertz CT molecular complexity index is 953. The Morgan fingerprint density at radius 2 is 1.92 bits per heavy atom. The van der Waals surface area contributed by atoms with Crippen LogP contribution >= 0.6 is 0 Å². The molecule has 25 heavy (non-hydrogen) atoms. The van der Waals surface area contributed by atoms with Crippen LogP contribution in [0.5, 0.6) is 0 Å². The first-order valence-electron chi connectivity index (χ1n) is 8.02. The molecule has 2 N–H and O–H groups in total. The van der Waals surface area contributed by atoms with E-state index in [1.165, 1.54) is 0 Å². The summed E-state index contributed by atoms with van der Waals surface area (Å²) in [4.78, 5) is 30.1. The maximum atomic E-state index is 12.4. The molecule has 4 rings (SSSR count). The summed E-state index contributed by atoms with van der Waals surface area (Å²) in [7, 11) is 0. The van der Waals surface area contributed by atoms with E-state index in [9.17, 15) is 9.59 Å². The zero-order valence-corrected chi connectivity index (χ0v) is 13.4. The summed E-state index contributed by atoms with van der Waals surface area (Å²) in [5.74, 6) is -0.213. The molecule has 2 heterocycles. The Hall–Kier alpha value is -3.41. The molecule has 0 bridgehead atoms. The Labute approximate surface area is 144 Å². The highest BCUT2D eigenvalue weighted by Gasteiger charge is 2.21. The molecule has 3 aromatic rings. The van der Waals surface area contributed by atoms with Crippen molar-refractivity contribution in [2.24, 2.45) is 0 Å². The van der Waals surface area contributed by atoms with E-state index in [0.29, 0.717) is 24.3 Å². The van der Waals surface area contributed by atoms with Crippen LogP contribution in [0.1, 0.15) is 10.4 Å². The molecule has 1 aromatic heterocycles. The monoisotopic (exact) mass is 332 g/mol. The van der Waals surface area contributed by atoms with Crippen LogP contribution in [0.2, 0.25) is 0 Å². The molecule has 1 fully saturated rings. The third-order valence-corrected chi connectivity index (χ3v) is 4.15. The number of urea groups is 1. The lowest BCUT2D eigenvalue weighted by Crippen LogP contribution is -2.27. The zero-order valence-electron chi connectivity index (χ0n) is 13.4. The van der Waals surface area contributed by atoms with Crippen LogP contribution in [0.4, 0.5) is 16.2 Å². The molecule has 0 unspecified atom stereocenters. The first-order chi connectivity index (χ1) is 12.2. The molecule has 1 aliphatic rings. The van der Waals surface area contributed by atoms with E-state index in [0.717, 1.165) is 16.6 Å². The second-order valence-corrected chi connectivity index (χ2v) is 5.80. The number of carbonyl (C=O) groups is 2. The van der Waals surface area contributed by atoms with Crippen molar-refractivity contribution >= 4 is 34.2 Å². The van der Waals surface area contributed by atoms with Gasteiger partial charge in [0.2, 0.25) is 0 Å². The van der Waals surface area contributed by atoms with Gasteiger partial charge in [-0.05, 0) is 36.4 Å². The van der Waals surface area contributed by atoms with Gasteiger partial charge in [0.05, 0.1) is 17.4 Å². The molecular weight excluding hydrogens is 316 g/mol. The lowest BCUT2D eigenvalue weighted by molar-refractivity contribution is 0.102. The summed E-state index contributed by atoms with van der Waals surface area (Å²) in [5.41, 5.74) is 2.83. The van der Waals surface area contributed by atoms with Crippen LogP contribution in [-0.4, -0.2) is 30.0 Å². The molecular formula is C19H16N4O2. The standard InChI is InChI=1S/C19H16N4O2/c24-18(22-15-11-14-3-1-2-4-17(14)21-12-15)13-5-7-16(8-6-13)23-10-9-20-19(23)25/h1-8,11-12H,9-10H2,(H,20,25)(H,22,24). The van der Waals surface area contributed by atoms with Gasteiger partial charge in [0.15, 0.2) is 0 Å². The van der Waals surface area contributed by atoms with E-state index >= 15 is 0 Å². The second-order valence-electron chi connectivity index (χ2n) is 5.80. The molecule has 0 aliphatic carbocycles. The largest absolute Gasteiger partial charge is 0.336 e. The van der Waals surface area contributed by atoms with Crippen LogP contribution in [0.3, 0.4) is 0 Å². The number of hydrogen-bond acceptors (Lipinski definition) is 3. The van der Waals surface area contributed by atoms with Gasteiger partial charge in [0, 0.05) is 29.7 Å². The summed E-state index contributed by atoms with van der Waals surface area (Å²) in [6.07, 6.45) is 1.64. The van der Waals surface area contributed by atoms with Crippen molar-refractivity contribution in [3.05, 3.63) is 66.4 Å². The molecule has 6 nitrogen and oxygen atoms in total. The number of benzene rings is 2. The highest BCUT2D eigenvalue weighted by Crippen LogP contribution is 2.19. The van der Waals surface area contributed by atoms with Gasteiger partial charge in [0.1, 0.15) is 0 Å². The Balaban J connectivity index is 1.51. The normalized spacial score (nSPS) is 13.8. The van der Waals surface area contributed by atoms with Crippen molar-refractivity contribution in [2.75, 3.05) is 23.3 Å². The maximum Gasteiger partial charge on any atom is 0.321 e. The van der Waals surface area contributed by atoms with Gasteiger partial charge >= 0.3 is 6.03 Å². The predicted octanol–water partition coefficient (Wildman–Crippen LogP) is 3.02. The number of fused-ring (bicyclic) bond motifs is 1. The van der Waals surface area contributed by atoms with E-state index in [1.54, 1.807) is 35.4 Å². The van der Waals surface area contributed by atoms with Crippen molar-refractivity contribution in [3.63, 3.8) is 0 Å². The van der Waals surface area contributed by atoms with Crippen LogP contribution in [0.25, 0.3) is 10.9 Å². The zero-order chi connectivity index (χ0) is 17.2. The van der Waals surface area contributed by atoms with Gasteiger partial charge in [0.25, 0.3) is 5.91 Å². The van der Waals surface area contributed by atoms with Crippen molar-refractivity contribution in [3.8, 4) is 0 Å². The number of nitrogens with zero attached hydrogens (tertiary/aromatic N) is 2. The lowest BCUT2D eigenvalue weighted by atomic mass is 10.1. The van der Waals surface area contributed by atoms with E-state index < -0.39 is 0 Å². The third-order valence-electron chi connectivity index (χ3n) is 4.15. The summed E-state index contributed by atoms with van der Waals surface area (Å²) < 4.78 is 0. The average Bonchev–Trinajstić information content (AvgIpc) is 3.08. The van der Waals surface area contributed by atoms with Gasteiger partial charge < -0.3 is 10.6 Å². The number of para-hydroxylation sites is 1. The summed E-state index contributed by atoms with van der Waals surface area (Å²) >= 11 is 0. The van der Waals surface area contributed by atoms with E-state index in [4.69, 9.17) is 0 Å². The van der Waals surface area contributed by atoms with Crippen molar-refractivity contribution in [1.29, 1.82) is 0 Å². The minimum Gasteiger partial charge on any atom is -0.336 e. The Morgan fingerprint density at radius 1 is 1.12 bits per heavy atom. The van der Waals surface area contributed by atoms with Crippen LogP contribution in [0.15, 0.2) is 60.8 Å². The Morgan fingerprint density at radius 3 is 2.68 bits per heavy atom. The summed E-state index contributed by atoms with van der Waals surface area (Å²) in [6.45, 7) is 1.27. The summed E-state index contributed by atoms with van der Waals surface area (Å²) in [6, 6.07) is 16.5. The van der Waals surface area contributed by atoms with E-state index in [2.05, 4.69) is 15.6 Å². The predicted molar refractivity (Wildman–Crippen MR) is 96.9 cm³/mol. The minimum atomic E-state index is -0.213. The molecule has 2 aromatic carbocycles. The number of pyridine rings is 1. The number of amides is 3. The first kappa shape index (κ1) is 15.1. The van der Waals surface area contributed by atoms with Gasteiger partial charge in [-0.1, -0.05) is 18.2 Å². The quantitative estimate of drug-likeness (QED) is 0.774. The SMILES string of the molecule is O=C(Nc1cnc2ccccc2c1)c1ccc(N2CCNC2=O)cc1. The Kier molecular flexibility index (Phi) is 3.78. The second kappa shape index (κ2) is 6.24. The minimum absolute atomic E-state index is 0.112. The molecule has 0 saturated carbocycles. The van der Waals surface area contributed by atoms with E-state index in [-0.39, 0.29) is 11.9 Å². The fourth-order valence-corrected chi connectivity index (χ4v) is 2.85. The van der Waals surface area contributed by atoms with Gasteiger partial charge in [-0.3, -0.25) is 14.7 Å². The number of nitrogens with one attached hydrogen (secondary N) is 2. The van der Waals surface area contributed by atoms with Crippen molar-refractivity contribution in [2.45, 2.75) is 0 Å². The van der Waals surface area contributed by atoms with Crippen LogP contribution in [0, 0.1) is 0 Å². The molecule has 3 amide bonds. The molecule has 1 saturated heterocycles. The fourth-order valence-electron chi connectivity index (χ4n) is 2.85. The smallest absolute Gasteiger partial charge is 0.321 e. The van der Waals surface area contributed by atoms with Gasteiger partial charge in [-0.25, -0.2) is 4.79 Å². The summed E-state index contributed by atoms with van der Waals surface area (Å²) in [5, 5.41) is 6.58. The molecule has 0 spiro atoms. The molecule has 124 valence electrons. The maximum absolute atomic E-state index is 12.4. The lowest BCUT2D eigenvalue weighted by Gasteiger charge is -2.14. The van der Waals surface area contributed by atoms with E-state index in [1.807, 2.05) is 30.3 Å². The van der Waals surface area contributed by atoms with Crippen LogP contribution in [-0.2, 0) is 0 Å². The molecule has 1 aliphatic heterocycles. The first-order valence-corrected chi connectivity index (χ1v) is 8.02. The number of anilines is 2. The average molecular weight is 332 g/mol. The fraction of sp³-hybridized carbons (Fsp3) is 0.105. The third kappa shape index (κ3) is 3.01. The molecule has 6 heteroatoms. The highest BCUT2D eigenvalue weighted by molar-refractivity contribution is 6.05. The topological polar surface area (TPSA) is 74.3 Å². The number of aromatic nitrogens is 1. The van der Waals surface area contributed by atoms with Gasteiger partial charge in [-0.15, -0.1) is 0 Å². The number of carbonyl (C=O) groups excluding carboxylic acids is 2. The number of hydrogen-bond donors (Lipinski definition) is 2. The highest BCUT2D eigenvalue weighted by atomic mass is 16.2. The molecule has 0 radical (unpaired) electrons. The molecule has 0 atom stereocenters. The van der Waals surface area contributed by atoms with Crippen molar-refractivity contribution in [1.82, 2.24) is 10.3 Å². The number of rotatable bonds is 3. The van der Waals surface area contributed by atoms with Crippen molar-refractivity contribution < 1.29 is 9.59 Å².